The van der Waals surface area contributed by atoms with E-state index in [0.29, 0.717) is 0 Å². The van der Waals surface area contributed by atoms with E-state index in [1.807, 2.05) is 13.8 Å². The van der Waals surface area contributed by atoms with Gasteiger partial charge in [0.1, 0.15) is 6.04 Å². The summed E-state index contributed by atoms with van der Waals surface area (Å²) in [5, 5.41) is 8.80. The molecule has 0 aromatic heterocycles. The van der Waals surface area contributed by atoms with Crippen molar-refractivity contribution in [2.24, 2.45) is 0 Å². The minimum Gasteiger partial charge on any atom is -0.352 e. The third-order valence-electron chi connectivity index (χ3n) is 3.38. The highest BCUT2D eigenvalue weighted by molar-refractivity contribution is 5.89. The molecule has 112 valence electrons. The number of nitrogens with one attached hydrogen (secondary N) is 3. The minimum absolute atomic E-state index is 0. The van der Waals surface area contributed by atoms with E-state index >= 15 is 0 Å². The van der Waals surface area contributed by atoms with Crippen LogP contribution in [-0.2, 0) is 9.59 Å². The summed E-state index contributed by atoms with van der Waals surface area (Å²) in [6, 6.07) is -0.475. The third-order valence-corrected chi connectivity index (χ3v) is 3.38. The molecule has 6 heteroatoms. The number of amides is 2. The van der Waals surface area contributed by atoms with Gasteiger partial charge in [-0.3, -0.25) is 9.59 Å². The second-order valence-electron chi connectivity index (χ2n) is 5.05. The quantitative estimate of drug-likeness (QED) is 0.707. The van der Waals surface area contributed by atoms with Gasteiger partial charge in [0, 0.05) is 6.04 Å². The van der Waals surface area contributed by atoms with Crippen molar-refractivity contribution in [2.45, 2.75) is 64.6 Å². The fraction of sp³-hybridized carbons (Fsp3) is 0.846. The summed E-state index contributed by atoms with van der Waals surface area (Å²) in [7, 11) is 0. The van der Waals surface area contributed by atoms with E-state index < -0.39 is 6.04 Å². The Bertz CT molecular complexity index is 294. The zero-order chi connectivity index (χ0) is 13.5. The lowest BCUT2D eigenvalue weighted by molar-refractivity contribution is -0.130. The molecule has 5 nitrogen and oxygen atoms in total. The standard InChI is InChI=1S/C13H25N3O2.ClH/c1-4-9(2)15-12(17)10(3)16-13(18)11-7-5-6-8-14-11;/h9-11,14H,4-8H2,1-3H3,(H,15,17)(H,16,18);1H. The lowest BCUT2D eigenvalue weighted by Crippen LogP contribution is -2.53. The molecule has 0 saturated carbocycles. The molecule has 1 fully saturated rings. The van der Waals surface area contributed by atoms with Gasteiger partial charge in [-0.25, -0.2) is 0 Å². The van der Waals surface area contributed by atoms with Crippen molar-refractivity contribution in [2.75, 3.05) is 6.54 Å². The molecule has 0 aromatic carbocycles. The first-order chi connectivity index (χ1) is 8.54. The topological polar surface area (TPSA) is 70.2 Å². The van der Waals surface area contributed by atoms with Crippen molar-refractivity contribution in [3.05, 3.63) is 0 Å². The van der Waals surface area contributed by atoms with E-state index in [2.05, 4.69) is 16.0 Å². The van der Waals surface area contributed by atoms with Crippen LogP contribution in [0.4, 0.5) is 0 Å². The monoisotopic (exact) mass is 291 g/mol. The van der Waals surface area contributed by atoms with E-state index in [-0.39, 0.29) is 36.3 Å². The molecular formula is C13H26ClN3O2. The SMILES string of the molecule is CCC(C)NC(=O)C(C)NC(=O)C1CCCCN1.Cl. The highest BCUT2D eigenvalue weighted by atomic mass is 35.5. The molecule has 1 aliphatic heterocycles. The van der Waals surface area contributed by atoms with Gasteiger partial charge in [-0.1, -0.05) is 13.3 Å². The molecule has 0 aliphatic carbocycles. The Labute approximate surface area is 121 Å². The average molecular weight is 292 g/mol. The predicted molar refractivity (Wildman–Crippen MR) is 78.4 cm³/mol. The highest BCUT2D eigenvalue weighted by Gasteiger charge is 2.24. The van der Waals surface area contributed by atoms with Crippen LogP contribution in [0.5, 0.6) is 0 Å². The summed E-state index contributed by atoms with van der Waals surface area (Å²) < 4.78 is 0. The van der Waals surface area contributed by atoms with Gasteiger partial charge in [-0.2, -0.15) is 0 Å². The summed E-state index contributed by atoms with van der Waals surface area (Å²) in [5.41, 5.74) is 0. The summed E-state index contributed by atoms with van der Waals surface area (Å²) in [6.07, 6.45) is 3.93. The van der Waals surface area contributed by atoms with Crippen LogP contribution >= 0.6 is 12.4 Å². The Hall–Kier alpha value is -0.810. The fourth-order valence-corrected chi connectivity index (χ4v) is 1.93. The second kappa shape index (κ2) is 9.15. The lowest BCUT2D eigenvalue weighted by Gasteiger charge is -2.24. The van der Waals surface area contributed by atoms with E-state index in [1.54, 1.807) is 6.92 Å². The van der Waals surface area contributed by atoms with Crippen molar-refractivity contribution in [3.8, 4) is 0 Å². The number of piperidine rings is 1. The van der Waals surface area contributed by atoms with Gasteiger partial charge in [-0.05, 0) is 39.7 Å². The molecule has 1 rings (SSSR count). The molecule has 3 unspecified atom stereocenters. The first-order valence-corrected chi connectivity index (χ1v) is 6.88. The number of hydrogen-bond acceptors (Lipinski definition) is 3. The largest absolute Gasteiger partial charge is 0.352 e. The first-order valence-electron chi connectivity index (χ1n) is 6.88. The molecule has 0 radical (unpaired) electrons. The number of carbonyl (C=O) groups excluding carboxylic acids is 2. The van der Waals surface area contributed by atoms with E-state index in [1.165, 1.54) is 0 Å². The zero-order valence-electron chi connectivity index (χ0n) is 12.0. The summed E-state index contributed by atoms with van der Waals surface area (Å²) in [5.74, 6) is -0.185. The van der Waals surface area contributed by atoms with Crippen molar-refractivity contribution in [1.29, 1.82) is 0 Å². The van der Waals surface area contributed by atoms with Crippen LogP contribution < -0.4 is 16.0 Å². The normalized spacial score (nSPS) is 21.7. The minimum atomic E-state index is -0.477. The number of hydrogen-bond donors (Lipinski definition) is 3. The number of halogens is 1. The number of rotatable bonds is 5. The molecule has 0 spiro atoms. The third kappa shape index (κ3) is 6.25. The van der Waals surface area contributed by atoms with Crippen LogP contribution in [0.25, 0.3) is 0 Å². The maximum absolute atomic E-state index is 11.9. The average Bonchev–Trinajstić information content (AvgIpc) is 2.39. The van der Waals surface area contributed by atoms with Gasteiger partial charge >= 0.3 is 0 Å². The summed E-state index contributed by atoms with van der Waals surface area (Å²) >= 11 is 0. The van der Waals surface area contributed by atoms with Gasteiger partial charge in [0.25, 0.3) is 0 Å². The molecule has 3 atom stereocenters. The van der Waals surface area contributed by atoms with E-state index in [9.17, 15) is 9.59 Å². The zero-order valence-corrected chi connectivity index (χ0v) is 12.8. The Morgan fingerprint density at radius 1 is 1.26 bits per heavy atom. The fourth-order valence-electron chi connectivity index (χ4n) is 1.93. The van der Waals surface area contributed by atoms with Gasteiger partial charge in [0.05, 0.1) is 6.04 Å². The van der Waals surface area contributed by atoms with Gasteiger partial charge < -0.3 is 16.0 Å². The molecule has 0 aromatic rings. The van der Waals surface area contributed by atoms with Gasteiger partial charge in [-0.15, -0.1) is 12.4 Å². The molecule has 0 bridgehead atoms. The van der Waals surface area contributed by atoms with E-state index in [0.717, 1.165) is 32.2 Å². The van der Waals surface area contributed by atoms with Crippen LogP contribution in [-0.4, -0.2) is 36.5 Å². The maximum Gasteiger partial charge on any atom is 0.242 e. The molecular weight excluding hydrogens is 266 g/mol. The molecule has 1 aliphatic rings. The van der Waals surface area contributed by atoms with Crippen LogP contribution in [0.15, 0.2) is 0 Å². The maximum atomic E-state index is 11.9. The molecule has 19 heavy (non-hydrogen) atoms. The van der Waals surface area contributed by atoms with Gasteiger partial charge in [0.2, 0.25) is 11.8 Å². The molecule has 2 amide bonds. The first kappa shape index (κ1) is 18.2. The Kier molecular flexibility index (Phi) is 8.76. The Morgan fingerprint density at radius 3 is 2.47 bits per heavy atom. The van der Waals surface area contributed by atoms with Crippen LogP contribution in [0.2, 0.25) is 0 Å². The predicted octanol–water partition coefficient (Wildman–Crippen LogP) is 0.970. The smallest absolute Gasteiger partial charge is 0.242 e. The molecule has 1 saturated heterocycles. The van der Waals surface area contributed by atoms with Crippen molar-refractivity contribution in [3.63, 3.8) is 0 Å². The molecule has 3 N–H and O–H groups in total. The van der Waals surface area contributed by atoms with Crippen LogP contribution in [0, 0.1) is 0 Å². The second-order valence-corrected chi connectivity index (χ2v) is 5.05. The molecule has 1 heterocycles. The Balaban J connectivity index is 0.00000324. The Morgan fingerprint density at radius 2 is 1.95 bits per heavy atom. The number of carbonyl (C=O) groups is 2. The van der Waals surface area contributed by atoms with E-state index in [4.69, 9.17) is 0 Å². The van der Waals surface area contributed by atoms with Crippen LogP contribution in [0.1, 0.15) is 46.5 Å². The summed E-state index contributed by atoms with van der Waals surface area (Å²) in [4.78, 5) is 23.7. The lowest BCUT2D eigenvalue weighted by atomic mass is 10.0. The highest BCUT2D eigenvalue weighted by Crippen LogP contribution is 2.07. The summed E-state index contributed by atoms with van der Waals surface area (Å²) in [6.45, 7) is 6.57. The van der Waals surface area contributed by atoms with Crippen molar-refractivity contribution >= 4 is 24.2 Å². The van der Waals surface area contributed by atoms with Gasteiger partial charge in [0.15, 0.2) is 0 Å². The van der Waals surface area contributed by atoms with Crippen molar-refractivity contribution in [1.82, 2.24) is 16.0 Å². The van der Waals surface area contributed by atoms with Crippen molar-refractivity contribution < 1.29 is 9.59 Å². The van der Waals surface area contributed by atoms with Crippen LogP contribution in [0.3, 0.4) is 0 Å².